The number of rotatable bonds is 7. The molecule has 1 aromatic carbocycles. The van der Waals surface area contributed by atoms with Gasteiger partial charge >= 0.3 is 6.09 Å². The number of carbonyl (C=O) groups is 1. The second kappa shape index (κ2) is 10.7. The zero-order valence-corrected chi connectivity index (χ0v) is 18.7. The molecule has 3 N–H and O–H groups in total. The molecule has 1 aromatic heterocycles. The molecule has 0 spiro atoms. The summed E-state index contributed by atoms with van der Waals surface area (Å²) in [4.78, 5) is 16.0. The first-order valence-corrected chi connectivity index (χ1v) is 10.1. The number of aromatic nitrogens is 1. The maximum atomic E-state index is 11.8. The van der Waals surface area contributed by atoms with E-state index in [1.165, 1.54) is 0 Å². The molecule has 0 aliphatic rings. The lowest BCUT2D eigenvalue weighted by atomic mass is 10.1. The minimum Gasteiger partial charge on any atom is -0.444 e. The van der Waals surface area contributed by atoms with Gasteiger partial charge in [0.25, 0.3) is 0 Å². The van der Waals surface area contributed by atoms with Crippen LogP contribution in [0.2, 0.25) is 0 Å². The number of ether oxygens (including phenoxy) is 1. The third-order valence-electron chi connectivity index (χ3n) is 4.13. The maximum absolute atomic E-state index is 11.8. The molecule has 0 bridgehead atoms. The molecule has 8 nitrogen and oxygen atoms in total. The van der Waals surface area contributed by atoms with Crippen LogP contribution in [0.5, 0.6) is 0 Å². The fourth-order valence-electron chi connectivity index (χ4n) is 2.58. The quantitative estimate of drug-likeness (QED) is 0.466. The lowest BCUT2D eigenvalue weighted by Crippen LogP contribution is -2.37. The molecule has 0 aliphatic carbocycles. The van der Waals surface area contributed by atoms with E-state index in [0.717, 1.165) is 23.4 Å². The first-order valence-electron chi connectivity index (χ1n) is 10.1. The van der Waals surface area contributed by atoms with Crippen LogP contribution in [-0.4, -0.2) is 36.4 Å². The van der Waals surface area contributed by atoms with Crippen molar-refractivity contribution in [2.75, 3.05) is 18.9 Å². The summed E-state index contributed by atoms with van der Waals surface area (Å²) in [5.41, 5.74) is 2.27. The molecule has 8 heteroatoms. The third kappa shape index (κ3) is 8.14. The van der Waals surface area contributed by atoms with Crippen LogP contribution < -0.4 is 16.0 Å². The SMILES string of the molecule is CN=C(NCCc1ccc(NC(=O)OC(C)(C)C)cc1)NCc1cc(C(C)C)no1. The van der Waals surface area contributed by atoms with Gasteiger partial charge in [-0.05, 0) is 50.8 Å². The number of aliphatic imine (C=N–C) groups is 1. The summed E-state index contributed by atoms with van der Waals surface area (Å²) in [6.07, 6.45) is 0.354. The summed E-state index contributed by atoms with van der Waals surface area (Å²) in [5, 5.41) is 13.3. The molecule has 0 fully saturated rings. The van der Waals surface area contributed by atoms with Crippen molar-refractivity contribution in [1.82, 2.24) is 15.8 Å². The minimum atomic E-state index is -0.521. The van der Waals surface area contributed by atoms with Crippen LogP contribution in [0.4, 0.5) is 10.5 Å². The molecule has 0 atom stereocenters. The van der Waals surface area contributed by atoms with Crippen LogP contribution in [-0.2, 0) is 17.7 Å². The number of anilines is 1. The Morgan fingerprint density at radius 2 is 1.90 bits per heavy atom. The van der Waals surface area contributed by atoms with Crippen LogP contribution in [0.3, 0.4) is 0 Å². The number of nitrogens with one attached hydrogen (secondary N) is 3. The maximum Gasteiger partial charge on any atom is 0.412 e. The Bertz CT molecular complexity index is 835. The Kier molecular flexibility index (Phi) is 8.26. The van der Waals surface area contributed by atoms with E-state index in [0.29, 0.717) is 30.7 Å². The van der Waals surface area contributed by atoms with Crippen LogP contribution >= 0.6 is 0 Å². The highest BCUT2D eigenvalue weighted by molar-refractivity contribution is 5.84. The van der Waals surface area contributed by atoms with Crippen molar-refractivity contribution in [2.24, 2.45) is 4.99 Å². The fourth-order valence-corrected chi connectivity index (χ4v) is 2.58. The Hall–Kier alpha value is -3.03. The van der Waals surface area contributed by atoms with Crippen molar-refractivity contribution in [3.05, 3.63) is 47.3 Å². The Morgan fingerprint density at radius 1 is 1.20 bits per heavy atom. The highest BCUT2D eigenvalue weighted by Gasteiger charge is 2.16. The number of guanidine groups is 1. The zero-order chi connectivity index (χ0) is 22.1. The number of hydrogen-bond acceptors (Lipinski definition) is 5. The third-order valence-corrected chi connectivity index (χ3v) is 4.13. The van der Waals surface area contributed by atoms with Gasteiger partial charge in [0.05, 0.1) is 12.2 Å². The van der Waals surface area contributed by atoms with E-state index in [9.17, 15) is 4.79 Å². The summed E-state index contributed by atoms with van der Waals surface area (Å²) in [7, 11) is 1.73. The summed E-state index contributed by atoms with van der Waals surface area (Å²) < 4.78 is 10.6. The van der Waals surface area contributed by atoms with Crippen molar-refractivity contribution in [2.45, 2.75) is 59.1 Å². The lowest BCUT2D eigenvalue weighted by molar-refractivity contribution is 0.0636. The van der Waals surface area contributed by atoms with Gasteiger partial charge in [-0.25, -0.2) is 4.79 Å². The predicted molar refractivity (Wildman–Crippen MR) is 119 cm³/mol. The lowest BCUT2D eigenvalue weighted by Gasteiger charge is -2.19. The van der Waals surface area contributed by atoms with Gasteiger partial charge in [0.2, 0.25) is 0 Å². The number of hydrogen-bond donors (Lipinski definition) is 3. The average molecular weight is 416 g/mol. The molecule has 164 valence electrons. The normalized spacial score (nSPS) is 12.0. The second-order valence-corrected chi connectivity index (χ2v) is 8.30. The smallest absolute Gasteiger partial charge is 0.412 e. The standard InChI is InChI=1S/C22H33N5O3/c1-15(2)19-13-18(30-27-19)14-25-20(23-6)24-12-11-16-7-9-17(10-8-16)26-21(28)29-22(3,4)5/h7-10,13,15H,11-12,14H2,1-6H3,(H,26,28)(H2,23,24,25). The van der Waals surface area contributed by atoms with E-state index < -0.39 is 11.7 Å². The Morgan fingerprint density at radius 3 is 2.47 bits per heavy atom. The molecule has 1 heterocycles. The van der Waals surface area contributed by atoms with E-state index >= 15 is 0 Å². The van der Waals surface area contributed by atoms with Gasteiger partial charge in [-0.1, -0.05) is 31.1 Å². The van der Waals surface area contributed by atoms with E-state index in [1.54, 1.807) is 7.05 Å². The molecule has 2 rings (SSSR count). The second-order valence-electron chi connectivity index (χ2n) is 8.30. The molecule has 0 saturated carbocycles. The largest absolute Gasteiger partial charge is 0.444 e. The molecule has 0 aliphatic heterocycles. The monoisotopic (exact) mass is 415 g/mol. The van der Waals surface area contributed by atoms with Crippen molar-refractivity contribution < 1.29 is 14.1 Å². The van der Waals surface area contributed by atoms with Gasteiger partial charge in [-0.2, -0.15) is 0 Å². The number of benzene rings is 1. The van der Waals surface area contributed by atoms with E-state index in [4.69, 9.17) is 9.26 Å². The average Bonchev–Trinajstić information content (AvgIpc) is 3.13. The van der Waals surface area contributed by atoms with Gasteiger partial charge < -0.3 is 19.9 Å². The van der Waals surface area contributed by atoms with Gasteiger partial charge in [-0.3, -0.25) is 10.3 Å². The van der Waals surface area contributed by atoms with E-state index in [1.807, 2.05) is 51.1 Å². The van der Waals surface area contributed by atoms with Crippen LogP contribution in [0.15, 0.2) is 39.8 Å². The highest BCUT2D eigenvalue weighted by Crippen LogP contribution is 2.14. The van der Waals surface area contributed by atoms with Crippen LogP contribution in [0.1, 0.15) is 57.6 Å². The molecular weight excluding hydrogens is 382 g/mol. The van der Waals surface area contributed by atoms with Crippen LogP contribution in [0.25, 0.3) is 0 Å². The summed E-state index contributed by atoms with van der Waals surface area (Å²) >= 11 is 0. The van der Waals surface area contributed by atoms with Crippen molar-refractivity contribution in [1.29, 1.82) is 0 Å². The molecule has 1 amide bonds. The van der Waals surface area contributed by atoms with Crippen molar-refractivity contribution in [3.8, 4) is 0 Å². The molecular formula is C22H33N5O3. The number of nitrogens with zero attached hydrogens (tertiary/aromatic N) is 2. The van der Waals surface area contributed by atoms with Crippen molar-refractivity contribution >= 4 is 17.7 Å². The molecule has 2 aromatic rings. The topological polar surface area (TPSA) is 101 Å². The van der Waals surface area contributed by atoms with Gasteiger partial charge in [0.1, 0.15) is 5.60 Å². The van der Waals surface area contributed by atoms with Crippen molar-refractivity contribution in [3.63, 3.8) is 0 Å². The van der Waals surface area contributed by atoms with Crippen LogP contribution in [0, 0.1) is 0 Å². The molecule has 0 unspecified atom stereocenters. The molecule has 0 radical (unpaired) electrons. The van der Waals surface area contributed by atoms with E-state index in [-0.39, 0.29) is 0 Å². The Balaban J connectivity index is 1.74. The summed E-state index contributed by atoms with van der Waals surface area (Å²) in [6, 6.07) is 9.64. The number of amides is 1. The fraction of sp³-hybridized carbons (Fsp3) is 0.500. The summed E-state index contributed by atoms with van der Waals surface area (Å²) in [6.45, 7) is 10.9. The van der Waals surface area contributed by atoms with Gasteiger partial charge in [-0.15, -0.1) is 0 Å². The minimum absolute atomic E-state index is 0.339. The van der Waals surface area contributed by atoms with E-state index in [2.05, 4.69) is 39.9 Å². The zero-order valence-electron chi connectivity index (χ0n) is 18.7. The Labute approximate surface area is 178 Å². The first kappa shape index (κ1) is 23.3. The van der Waals surface area contributed by atoms with Gasteiger partial charge in [0.15, 0.2) is 11.7 Å². The first-order chi connectivity index (χ1) is 14.2. The van der Waals surface area contributed by atoms with Gasteiger partial charge in [0, 0.05) is 25.3 Å². The highest BCUT2D eigenvalue weighted by atomic mass is 16.6. The number of carbonyl (C=O) groups excluding carboxylic acids is 1. The molecule has 0 saturated heterocycles. The predicted octanol–water partition coefficient (Wildman–Crippen LogP) is 4.05. The summed E-state index contributed by atoms with van der Waals surface area (Å²) in [5.74, 6) is 1.81. The molecule has 30 heavy (non-hydrogen) atoms.